The standard InChI is InChI=1S/C22H31NO8/c1-7-22(5,6)21(28)29-11-12(2)18(19(23)20(26)27)15-8-9-16(30-13(3)24)17(10-15)31-14(4)25/h8-10,12,18-19H,7,11,23H2,1-6H3,(H,26,27)/t12?,18?,19-/m0/s1. The molecule has 0 aliphatic heterocycles. The number of carbonyl (C=O) groups is 4. The summed E-state index contributed by atoms with van der Waals surface area (Å²) in [4.78, 5) is 46.8. The Morgan fingerprint density at radius 1 is 1.06 bits per heavy atom. The third kappa shape index (κ3) is 7.36. The summed E-state index contributed by atoms with van der Waals surface area (Å²) >= 11 is 0. The summed E-state index contributed by atoms with van der Waals surface area (Å²) in [5.74, 6) is -4.18. The molecular formula is C22H31NO8. The van der Waals surface area contributed by atoms with Crippen molar-refractivity contribution in [3.8, 4) is 11.5 Å². The highest BCUT2D eigenvalue weighted by Crippen LogP contribution is 2.36. The van der Waals surface area contributed by atoms with Gasteiger partial charge in [-0.3, -0.25) is 19.2 Å². The molecule has 0 fully saturated rings. The van der Waals surface area contributed by atoms with Crippen LogP contribution in [0.4, 0.5) is 0 Å². The van der Waals surface area contributed by atoms with Crippen LogP contribution in [0.25, 0.3) is 0 Å². The normalized spacial score (nSPS) is 14.2. The number of carboxylic acids is 1. The Labute approximate surface area is 181 Å². The largest absolute Gasteiger partial charge is 0.480 e. The minimum atomic E-state index is -1.32. The fourth-order valence-corrected chi connectivity index (χ4v) is 2.90. The van der Waals surface area contributed by atoms with E-state index in [2.05, 4.69) is 0 Å². The van der Waals surface area contributed by atoms with Crippen LogP contribution < -0.4 is 15.2 Å². The second-order valence-electron chi connectivity index (χ2n) is 8.10. The molecule has 0 aliphatic rings. The molecule has 2 unspecified atom stereocenters. The summed E-state index contributed by atoms with van der Waals surface area (Å²) in [7, 11) is 0. The zero-order chi connectivity index (χ0) is 23.9. The van der Waals surface area contributed by atoms with Crippen molar-refractivity contribution in [3.63, 3.8) is 0 Å². The van der Waals surface area contributed by atoms with E-state index in [4.69, 9.17) is 19.9 Å². The number of aliphatic carboxylic acids is 1. The predicted octanol–water partition coefficient (Wildman–Crippen LogP) is 2.65. The number of carboxylic acid groups (broad SMARTS) is 1. The van der Waals surface area contributed by atoms with Crippen molar-refractivity contribution in [1.29, 1.82) is 0 Å². The van der Waals surface area contributed by atoms with E-state index in [9.17, 15) is 24.3 Å². The van der Waals surface area contributed by atoms with Gasteiger partial charge in [0.1, 0.15) is 6.04 Å². The summed E-state index contributed by atoms with van der Waals surface area (Å²) in [6, 6.07) is 3.02. The Morgan fingerprint density at radius 3 is 2.10 bits per heavy atom. The first-order valence-electron chi connectivity index (χ1n) is 9.96. The van der Waals surface area contributed by atoms with Crippen molar-refractivity contribution in [2.45, 2.75) is 59.9 Å². The Hall–Kier alpha value is -2.94. The highest BCUT2D eigenvalue weighted by Gasteiger charge is 2.34. The van der Waals surface area contributed by atoms with Gasteiger partial charge in [0.15, 0.2) is 11.5 Å². The van der Waals surface area contributed by atoms with Crippen LogP contribution in [0, 0.1) is 11.3 Å². The second-order valence-corrected chi connectivity index (χ2v) is 8.10. The SMILES string of the molecule is CCC(C)(C)C(=O)OCC(C)C(c1ccc(OC(C)=O)c(OC(C)=O)c1)[C@H](N)C(=O)O. The lowest BCUT2D eigenvalue weighted by Crippen LogP contribution is -2.41. The van der Waals surface area contributed by atoms with Gasteiger partial charge in [0, 0.05) is 19.8 Å². The van der Waals surface area contributed by atoms with Gasteiger partial charge in [-0.15, -0.1) is 0 Å². The Balaban J connectivity index is 3.28. The van der Waals surface area contributed by atoms with E-state index in [1.165, 1.54) is 32.0 Å². The molecular weight excluding hydrogens is 406 g/mol. The average Bonchev–Trinajstić information content (AvgIpc) is 2.67. The molecule has 0 saturated carbocycles. The van der Waals surface area contributed by atoms with Gasteiger partial charge in [-0.2, -0.15) is 0 Å². The van der Waals surface area contributed by atoms with Crippen molar-refractivity contribution in [2.75, 3.05) is 6.61 Å². The molecule has 0 heterocycles. The molecule has 0 spiro atoms. The summed E-state index contributed by atoms with van der Waals surface area (Å²) in [6.45, 7) is 9.44. The fraction of sp³-hybridized carbons (Fsp3) is 0.545. The molecule has 1 rings (SSSR count). The molecule has 1 aromatic carbocycles. The van der Waals surface area contributed by atoms with Crippen LogP contribution in [0.3, 0.4) is 0 Å². The Kier molecular flexibility index (Phi) is 9.18. The quantitative estimate of drug-likeness (QED) is 0.417. The first kappa shape index (κ1) is 26.1. The van der Waals surface area contributed by atoms with E-state index >= 15 is 0 Å². The number of rotatable bonds is 10. The van der Waals surface area contributed by atoms with Crippen molar-refractivity contribution >= 4 is 23.9 Å². The van der Waals surface area contributed by atoms with Gasteiger partial charge in [0.05, 0.1) is 12.0 Å². The zero-order valence-corrected chi connectivity index (χ0v) is 18.8. The van der Waals surface area contributed by atoms with Crippen LogP contribution in [-0.2, 0) is 23.9 Å². The van der Waals surface area contributed by atoms with Crippen LogP contribution in [0.5, 0.6) is 11.5 Å². The lowest BCUT2D eigenvalue weighted by Gasteiger charge is -2.29. The first-order valence-corrected chi connectivity index (χ1v) is 9.96. The minimum absolute atomic E-state index is 0.0119. The zero-order valence-electron chi connectivity index (χ0n) is 18.8. The van der Waals surface area contributed by atoms with Gasteiger partial charge < -0.3 is 25.1 Å². The summed E-state index contributed by atoms with van der Waals surface area (Å²) in [5.41, 5.74) is 5.71. The highest BCUT2D eigenvalue weighted by molar-refractivity contribution is 5.77. The topological polar surface area (TPSA) is 142 Å². The van der Waals surface area contributed by atoms with E-state index in [1.807, 2.05) is 6.92 Å². The molecule has 9 heteroatoms. The maximum atomic E-state index is 12.3. The summed E-state index contributed by atoms with van der Waals surface area (Å²) in [5, 5.41) is 9.51. The molecule has 31 heavy (non-hydrogen) atoms. The number of hydrogen-bond donors (Lipinski definition) is 2. The van der Waals surface area contributed by atoms with Gasteiger partial charge >= 0.3 is 23.9 Å². The van der Waals surface area contributed by atoms with E-state index in [0.717, 1.165) is 0 Å². The third-order valence-electron chi connectivity index (χ3n) is 5.06. The number of ether oxygens (including phenoxy) is 3. The van der Waals surface area contributed by atoms with Crippen LogP contribution in [0.1, 0.15) is 59.4 Å². The van der Waals surface area contributed by atoms with Crippen LogP contribution in [0.2, 0.25) is 0 Å². The lowest BCUT2D eigenvalue weighted by atomic mass is 9.81. The molecule has 0 aromatic heterocycles. The molecule has 0 radical (unpaired) electrons. The number of carbonyl (C=O) groups excluding carboxylic acids is 3. The van der Waals surface area contributed by atoms with Crippen LogP contribution in [0.15, 0.2) is 18.2 Å². The van der Waals surface area contributed by atoms with Gasteiger partial charge in [0.2, 0.25) is 0 Å². The van der Waals surface area contributed by atoms with Gasteiger partial charge in [0.25, 0.3) is 0 Å². The number of hydrogen-bond acceptors (Lipinski definition) is 8. The number of nitrogens with two attached hydrogens (primary N) is 1. The van der Waals surface area contributed by atoms with E-state index < -0.39 is 47.2 Å². The summed E-state index contributed by atoms with van der Waals surface area (Å²) < 4.78 is 15.6. The second kappa shape index (κ2) is 10.9. The average molecular weight is 437 g/mol. The van der Waals surface area contributed by atoms with Gasteiger partial charge in [-0.25, -0.2) is 0 Å². The van der Waals surface area contributed by atoms with E-state index in [0.29, 0.717) is 12.0 Å². The van der Waals surface area contributed by atoms with Gasteiger partial charge in [-0.1, -0.05) is 19.9 Å². The first-order chi connectivity index (χ1) is 14.3. The van der Waals surface area contributed by atoms with Crippen LogP contribution >= 0.6 is 0 Å². The summed E-state index contributed by atoms with van der Waals surface area (Å²) in [6.07, 6.45) is 0.585. The van der Waals surface area contributed by atoms with Crippen molar-refractivity contribution < 1.29 is 38.5 Å². The lowest BCUT2D eigenvalue weighted by molar-refractivity contribution is -0.155. The molecule has 3 N–H and O–H groups in total. The number of benzene rings is 1. The maximum absolute atomic E-state index is 12.3. The highest BCUT2D eigenvalue weighted by atomic mass is 16.6. The smallest absolute Gasteiger partial charge is 0.321 e. The number of esters is 3. The van der Waals surface area contributed by atoms with E-state index in [1.54, 1.807) is 20.8 Å². The van der Waals surface area contributed by atoms with Crippen LogP contribution in [-0.4, -0.2) is 41.6 Å². The molecule has 1 aromatic rings. The molecule has 0 aliphatic carbocycles. The monoisotopic (exact) mass is 437 g/mol. The Morgan fingerprint density at radius 2 is 1.61 bits per heavy atom. The molecule has 0 bridgehead atoms. The molecule has 0 amide bonds. The molecule has 9 nitrogen and oxygen atoms in total. The Bertz CT molecular complexity index is 833. The molecule has 3 atom stereocenters. The maximum Gasteiger partial charge on any atom is 0.321 e. The predicted molar refractivity (Wildman–Crippen MR) is 112 cm³/mol. The molecule has 0 saturated heterocycles. The van der Waals surface area contributed by atoms with Crippen molar-refractivity contribution in [3.05, 3.63) is 23.8 Å². The van der Waals surface area contributed by atoms with Gasteiger partial charge in [-0.05, 0) is 43.9 Å². The molecule has 172 valence electrons. The minimum Gasteiger partial charge on any atom is -0.480 e. The van der Waals surface area contributed by atoms with E-state index in [-0.39, 0.29) is 18.1 Å². The van der Waals surface area contributed by atoms with Crippen molar-refractivity contribution in [1.82, 2.24) is 0 Å². The third-order valence-corrected chi connectivity index (χ3v) is 5.06. The fourth-order valence-electron chi connectivity index (χ4n) is 2.90. The van der Waals surface area contributed by atoms with Crippen molar-refractivity contribution in [2.24, 2.45) is 17.1 Å².